The van der Waals surface area contributed by atoms with E-state index in [0.717, 1.165) is 6.42 Å². The molecule has 130 valence electrons. The van der Waals surface area contributed by atoms with Gasteiger partial charge in [-0.2, -0.15) is 4.99 Å². The second-order valence-electron chi connectivity index (χ2n) is 5.11. The minimum Gasteiger partial charge on any atom is -0.493 e. The number of hydrogen-bond donors (Lipinski definition) is 1. The first kappa shape index (κ1) is 17.1. The zero-order valence-corrected chi connectivity index (χ0v) is 14.4. The predicted molar refractivity (Wildman–Crippen MR) is 93.4 cm³/mol. The SMILES string of the molecule is CCCOc1ccc(S(=O)(=O)NC)cc1C1=NC(=O)C2=NC=NC2=N1. The van der Waals surface area contributed by atoms with Gasteiger partial charge in [-0.15, -0.1) is 0 Å². The third-order valence-corrected chi connectivity index (χ3v) is 4.85. The molecule has 0 aliphatic carbocycles. The van der Waals surface area contributed by atoms with Crippen LogP contribution in [-0.2, 0) is 14.8 Å². The van der Waals surface area contributed by atoms with E-state index in [0.29, 0.717) is 17.9 Å². The lowest BCUT2D eigenvalue weighted by atomic mass is 10.1. The number of nitrogens with one attached hydrogen (secondary N) is 1. The van der Waals surface area contributed by atoms with Gasteiger partial charge in [0.25, 0.3) is 0 Å². The van der Waals surface area contributed by atoms with Crippen LogP contribution in [0.4, 0.5) is 0 Å². The topological polar surface area (TPSA) is 122 Å². The molecule has 10 heteroatoms. The number of amidine groups is 2. The highest BCUT2D eigenvalue weighted by Crippen LogP contribution is 2.25. The number of carbonyl (C=O) groups excluding carboxylic acids is 1. The van der Waals surface area contributed by atoms with Gasteiger partial charge in [0.15, 0.2) is 17.4 Å². The Bertz CT molecular complexity index is 960. The third-order valence-electron chi connectivity index (χ3n) is 3.43. The lowest BCUT2D eigenvalue weighted by Gasteiger charge is -2.14. The van der Waals surface area contributed by atoms with E-state index in [1.54, 1.807) is 0 Å². The van der Waals surface area contributed by atoms with E-state index in [-0.39, 0.29) is 22.3 Å². The van der Waals surface area contributed by atoms with Gasteiger partial charge >= 0.3 is 5.91 Å². The fraction of sp³-hybridized carbons (Fsp3) is 0.267. The monoisotopic (exact) mass is 361 g/mol. The van der Waals surface area contributed by atoms with Crippen LogP contribution >= 0.6 is 0 Å². The molecule has 1 N–H and O–H groups in total. The molecule has 2 aliphatic heterocycles. The average molecular weight is 361 g/mol. The van der Waals surface area contributed by atoms with Crippen LogP contribution in [0.15, 0.2) is 43.1 Å². The molecule has 1 amide bonds. The molecule has 0 fully saturated rings. The molecule has 0 saturated carbocycles. The quantitative estimate of drug-likeness (QED) is 0.795. The number of ether oxygens (including phenoxy) is 1. The maximum atomic E-state index is 12.1. The van der Waals surface area contributed by atoms with Crippen molar-refractivity contribution in [3.63, 3.8) is 0 Å². The van der Waals surface area contributed by atoms with Crippen molar-refractivity contribution in [1.29, 1.82) is 0 Å². The molecule has 0 unspecified atom stereocenters. The minimum absolute atomic E-state index is 0.0126. The number of nitrogens with zero attached hydrogens (tertiary/aromatic N) is 4. The molecule has 3 rings (SSSR count). The second-order valence-corrected chi connectivity index (χ2v) is 7.00. The van der Waals surface area contributed by atoms with Gasteiger partial charge < -0.3 is 4.74 Å². The Balaban J connectivity index is 2.12. The van der Waals surface area contributed by atoms with E-state index in [1.165, 1.54) is 31.6 Å². The first-order chi connectivity index (χ1) is 12.0. The summed E-state index contributed by atoms with van der Waals surface area (Å²) in [5, 5.41) is 0. The zero-order chi connectivity index (χ0) is 18.0. The van der Waals surface area contributed by atoms with Crippen LogP contribution in [0.3, 0.4) is 0 Å². The maximum Gasteiger partial charge on any atom is 0.301 e. The summed E-state index contributed by atoms with van der Waals surface area (Å²) in [6.07, 6.45) is 1.98. The first-order valence-corrected chi connectivity index (χ1v) is 8.97. The van der Waals surface area contributed by atoms with E-state index >= 15 is 0 Å². The third kappa shape index (κ3) is 3.26. The molecule has 0 aromatic heterocycles. The Morgan fingerprint density at radius 3 is 2.72 bits per heavy atom. The number of carbonyl (C=O) groups is 1. The van der Waals surface area contributed by atoms with Gasteiger partial charge in [0.1, 0.15) is 12.1 Å². The first-order valence-electron chi connectivity index (χ1n) is 7.49. The fourth-order valence-electron chi connectivity index (χ4n) is 2.19. The van der Waals surface area contributed by atoms with E-state index in [2.05, 4.69) is 24.7 Å². The Labute approximate surface area is 144 Å². The smallest absolute Gasteiger partial charge is 0.301 e. The van der Waals surface area contributed by atoms with Crippen molar-refractivity contribution in [2.75, 3.05) is 13.7 Å². The number of hydrogen-bond acceptors (Lipinski definition) is 7. The number of sulfonamides is 1. The summed E-state index contributed by atoms with van der Waals surface area (Å²) in [7, 11) is -2.36. The van der Waals surface area contributed by atoms with Crippen molar-refractivity contribution in [3.05, 3.63) is 23.8 Å². The molecule has 2 heterocycles. The van der Waals surface area contributed by atoms with Gasteiger partial charge in [0.2, 0.25) is 10.0 Å². The normalized spacial score (nSPS) is 16.2. The van der Waals surface area contributed by atoms with Gasteiger partial charge in [0, 0.05) is 0 Å². The molecule has 0 radical (unpaired) electrons. The Morgan fingerprint density at radius 1 is 1.20 bits per heavy atom. The molecule has 1 aromatic carbocycles. The van der Waals surface area contributed by atoms with E-state index in [1.807, 2.05) is 6.92 Å². The number of aliphatic imine (C=N–C) groups is 4. The summed E-state index contributed by atoms with van der Waals surface area (Å²) >= 11 is 0. The predicted octanol–water partition coefficient (Wildman–Crippen LogP) is 0.552. The van der Waals surface area contributed by atoms with Gasteiger partial charge in [-0.25, -0.2) is 28.1 Å². The van der Waals surface area contributed by atoms with E-state index < -0.39 is 15.9 Å². The van der Waals surface area contributed by atoms with Crippen LogP contribution in [0.25, 0.3) is 0 Å². The fourth-order valence-corrected chi connectivity index (χ4v) is 2.95. The Hall–Kier alpha value is -2.72. The maximum absolute atomic E-state index is 12.1. The van der Waals surface area contributed by atoms with Crippen molar-refractivity contribution < 1.29 is 17.9 Å². The highest BCUT2D eigenvalue weighted by molar-refractivity contribution is 7.89. The molecule has 25 heavy (non-hydrogen) atoms. The lowest BCUT2D eigenvalue weighted by molar-refractivity contribution is -0.111. The summed E-state index contributed by atoms with van der Waals surface area (Å²) < 4.78 is 32.0. The molecule has 1 aromatic rings. The summed E-state index contributed by atoms with van der Waals surface area (Å²) in [5.74, 6) is -0.00781. The van der Waals surface area contributed by atoms with Gasteiger partial charge in [0.05, 0.1) is 17.1 Å². The molecule has 0 saturated heterocycles. The zero-order valence-electron chi connectivity index (χ0n) is 13.6. The average Bonchev–Trinajstić information content (AvgIpc) is 3.09. The van der Waals surface area contributed by atoms with Gasteiger partial charge in [-0.1, -0.05) is 6.92 Å². The molecule has 9 nitrogen and oxygen atoms in total. The van der Waals surface area contributed by atoms with Crippen molar-refractivity contribution in [2.45, 2.75) is 18.2 Å². The van der Waals surface area contributed by atoms with E-state index in [4.69, 9.17) is 4.74 Å². The highest BCUT2D eigenvalue weighted by Gasteiger charge is 2.28. The molecule has 0 bridgehead atoms. The van der Waals surface area contributed by atoms with E-state index in [9.17, 15) is 13.2 Å². The Kier molecular flexibility index (Phi) is 4.55. The molecule has 0 atom stereocenters. The number of fused-ring (bicyclic) bond motifs is 1. The number of benzene rings is 1. The van der Waals surface area contributed by atoms with Crippen LogP contribution in [-0.4, -0.2) is 51.7 Å². The van der Waals surface area contributed by atoms with Crippen molar-refractivity contribution >= 4 is 39.7 Å². The summed E-state index contributed by atoms with van der Waals surface area (Å²) in [4.78, 5) is 27.9. The van der Waals surface area contributed by atoms with Crippen LogP contribution < -0.4 is 9.46 Å². The molecule has 0 spiro atoms. The Morgan fingerprint density at radius 2 is 2.00 bits per heavy atom. The largest absolute Gasteiger partial charge is 0.493 e. The molecular formula is C15H15N5O4S. The van der Waals surface area contributed by atoms with Gasteiger partial charge in [-0.3, -0.25) is 4.79 Å². The minimum atomic E-state index is -3.67. The van der Waals surface area contributed by atoms with Crippen LogP contribution in [0.1, 0.15) is 18.9 Å². The molecule has 2 aliphatic rings. The lowest BCUT2D eigenvalue weighted by Crippen LogP contribution is -2.26. The van der Waals surface area contributed by atoms with Crippen molar-refractivity contribution in [2.24, 2.45) is 20.0 Å². The van der Waals surface area contributed by atoms with Crippen LogP contribution in [0, 0.1) is 0 Å². The number of rotatable bonds is 6. The van der Waals surface area contributed by atoms with Crippen LogP contribution in [0.2, 0.25) is 0 Å². The number of amides is 1. The summed E-state index contributed by atoms with van der Waals surface area (Å²) in [5.41, 5.74) is 0.366. The highest BCUT2D eigenvalue weighted by atomic mass is 32.2. The second kappa shape index (κ2) is 6.65. The van der Waals surface area contributed by atoms with Gasteiger partial charge in [-0.05, 0) is 31.7 Å². The molecular weight excluding hydrogens is 346 g/mol. The van der Waals surface area contributed by atoms with Crippen LogP contribution in [0.5, 0.6) is 5.75 Å². The summed E-state index contributed by atoms with van der Waals surface area (Å²) in [6.45, 7) is 2.37. The van der Waals surface area contributed by atoms with Crippen molar-refractivity contribution in [1.82, 2.24) is 4.72 Å². The van der Waals surface area contributed by atoms with Crippen molar-refractivity contribution in [3.8, 4) is 5.75 Å². The summed E-state index contributed by atoms with van der Waals surface area (Å²) in [6, 6.07) is 4.30. The standard InChI is InChI=1S/C15H15N5O4S/c1-3-6-24-11-5-4-9(25(22,23)16-2)7-10(11)13-19-14-12(15(21)20-13)17-8-18-14/h4-5,7-8,16H,3,6H2,1-2H3.